The minimum Gasteiger partial charge on any atom is -0.325 e. The largest absolute Gasteiger partial charge is 0.325 e. The van der Waals surface area contributed by atoms with Crippen molar-refractivity contribution in [3.8, 4) is 0 Å². The Bertz CT molecular complexity index is 406. The molecule has 0 amide bonds. The number of hydrogen-bond donors (Lipinski definition) is 1. The summed E-state index contributed by atoms with van der Waals surface area (Å²) in [5, 5.41) is 0. The molecule has 1 nitrogen and oxygen atoms in total. The van der Waals surface area contributed by atoms with Crippen LogP contribution < -0.4 is 4.90 Å². The Hall–Kier alpha value is -1.60. The average molecular weight is 240 g/mol. The van der Waals surface area contributed by atoms with E-state index in [0.717, 1.165) is 13.1 Å². The van der Waals surface area contributed by atoms with Crippen LogP contribution in [0.3, 0.4) is 0 Å². The van der Waals surface area contributed by atoms with Gasteiger partial charge in [0, 0.05) is 11.1 Å². The van der Waals surface area contributed by atoms with Crippen LogP contribution in [0.1, 0.15) is 25.0 Å². The molecule has 0 aliphatic rings. The number of hydrogen-bond acceptors (Lipinski definition) is 0. The molecule has 18 heavy (non-hydrogen) atoms. The van der Waals surface area contributed by atoms with Gasteiger partial charge in [-0.05, 0) is 13.8 Å². The van der Waals surface area contributed by atoms with Crippen LogP contribution in [0.5, 0.6) is 0 Å². The topological polar surface area (TPSA) is 4.44 Å². The zero-order valence-corrected chi connectivity index (χ0v) is 11.3. The molecule has 0 fully saturated rings. The SMILES string of the molecule is CC(C)[NH+](Cc1ccccc1)Cc1ccccc1. The maximum atomic E-state index is 2.29. The van der Waals surface area contributed by atoms with Crippen molar-refractivity contribution in [3.63, 3.8) is 0 Å². The van der Waals surface area contributed by atoms with Crippen LogP contribution in [0.4, 0.5) is 0 Å². The molecule has 0 radical (unpaired) electrons. The Kier molecular flexibility index (Phi) is 4.54. The smallest absolute Gasteiger partial charge is 0.103 e. The van der Waals surface area contributed by atoms with Crippen molar-refractivity contribution in [2.45, 2.75) is 33.0 Å². The lowest BCUT2D eigenvalue weighted by atomic mass is 10.1. The van der Waals surface area contributed by atoms with E-state index in [9.17, 15) is 0 Å². The zero-order valence-electron chi connectivity index (χ0n) is 11.3. The van der Waals surface area contributed by atoms with Crippen molar-refractivity contribution >= 4 is 0 Å². The van der Waals surface area contributed by atoms with Gasteiger partial charge in [0.1, 0.15) is 13.1 Å². The van der Waals surface area contributed by atoms with Gasteiger partial charge in [-0.2, -0.15) is 0 Å². The van der Waals surface area contributed by atoms with Crippen molar-refractivity contribution in [1.29, 1.82) is 0 Å². The third-order valence-electron chi connectivity index (χ3n) is 3.36. The summed E-state index contributed by atoms with van der Waals surface area (Å²) in [6.45, 7) is 6.77. The summed E-state index contributed by atoms with van der Waals surface area (Å²) in [6, 6.07) is 22.1. The highest BCUT2D eigenvalue weighted by Gasteiger charge is 2.14. The van der Waals surface area contributed by atoms with Crippen LogP contribution in [0.2, 0.25) is 0 Å². The summed E-state index contributed by atoms with van der Waals surface area (Å²) in [4.78, 5) is 1.60. The molecule has 94 valence electrons. The molecule has 0 aromatic heterocycles. The van der Waals surface area contributed by atoms with Crippen molar-refractivity contribution < 1.29 is 4.90 Å². The first-order valence-corrected chi connectivity index (χ1v) is 6.68. The van der Waals surface area contributed by atoms with Crippen molar-refractivity contribution in [2.24, 2.45) is 0 Å². The zero-order chi connectivity index (χ0) is 12.8. The molecular formula is C17H22N+. The molecule has 0 bridgehead atoms. The highest BCUT2D eigenvalue weighted by Crippen LogP contribution is 1.99. The molecule has 0 unspecified atom stereocenters. The molecular weight excluding hydrogens is 218 g/mol. The predicted molar refractivity (Wildman–Crippen MR) is 76.4 cm³/mol. The van der Waals surface area contributed by atoms with E-state index in [4.69, 9.17) is 0 Å². The van der Waals surface area contributed by atoms with Gasteiger partial charge in [-0.1, -0.05) is 60.7 Å². The molecule has 0 aliphatic carbocycles. The maximum Gasteiger partial charge on any atom is 0.103 e. The standard InChI is InChI=1S/C17H21N/c1-15(2)18(13-16-9-5-3-6-10-16)14-17-11-7-4-8-12-17/h3-12,15H,13-14H2,1-2H3/p+1. The van der Waals surface area contributed by atoms with E-state index in [0.29, 0.717) is 6.04 Å². The fraction of sp³-hybridized carbons (Fsp3) is 0.294. The van der Waals surface area contributed by atoms with Gasteiger partial charge >= 0.3 is 0 Å². The first-order valence-electron chi connectivity index (χ1n) is 6.68. The van der Waals surface area contributed by atoms with Gasteiger partial charge in [0.25, 0.3) is 0 Å². The molecule has 1 N–H and O–H groups in total. The second kappa shape index (κ2) is 6.36. The number of rotatable bonds is 5. The van der Waals surface area contributed by atoms with Gasteiger partial charge in [0.2, 0.25) is 0 Å². The minimum absolute atomic E-state index is 0.630. The van der Waals surface area contributed by atoms with Crippen LogP contribution in [-0.4, -0.2) is 6.04 Å². The Morgan fingerprint density at radius 3 is 1.44 bits per heavy atom. The molecule has 1 heteroatoms. The molecule has 0 saturated heterocycles. The summed E-state index contributed by atoms with van der Waals surface area (Å²) in [5.41, 5.74) is 2.83. The van der Waals surface area contributed by atoms with Crippen molar-refractivity contribution in [1.82, 2.24) is 0 Å². The third kappa shape index (κ3) is 3.71. The monoisotopic (exact) mass is 240 g/mol. The second-order valence-corrected chi connectivity index (χ2v) is 5.14. The number of nitrogens with one attached hydrogen (secondary N) is 1. The van der Waals surface area contributed by atoms with Crippen LogP contribution in [-0.2, 0) is 13.1 Å². The van der Waals surface area contributed by atoms with E-state index < -0.39 is 0 Å². The van der Waals surface area contributed by atoms with E-state index in [1.165, 1.54) is 11.1 Å². The third-order valence-corrected chi connectivity index (χ3v) is 3.36. The summed E-state index contributed by atoms with van der Waals surface area (Å²) < 4.78 is 0. The van der Waals surface area contributed by atoms with Gasteiger partial charge in [-0.3, -0.25) is 0 Å². The van der Waals surface area contributed by atoms with E-state index in [2.05, 4.69) is 74.5 Å². The Labute approximate surface area is 110 Å². The lowest BCUT2D eigenvalue weighted by Gasteiger charge is -2.23. The quantitative estimate of drug-likeness (QED) is 0.819. The number of benzene rings is 2. The normalized spacial score (nSPS) is 11.1. The van der Waals surface area contributed by atoms with E-state index in [1.807, 2.05) is 0 Å². The van der Waals surface area contributed by atoms with Gasteiger partial charge in [-0.15, -0.1) is 0 Å². The fourth-order valence-electron chi connectivity index (χ4n) is 2.19. The molecule has 0 aliphatic heterocycles. The van der Waals surface area contributed by atoms with Gasteiger partial charge in [0.15, 0.2) is 0 Å². The molecule has 0 saturated carbocycles. The van der Waals surface area contributed by atoms with Crippen LogP contribution in [0.15, 0.2) is 60.7 Å². The number of quaternary nitrogens is 1. The van der Waals surface area contributed by atoms with Crippen LogP contribution in [0, 0.1) is 0 Å². The lowest BCUT2D eigenvalue weighted by molar-refractivity contribution is -0.948. The summed E-state index contributed by atoms with van der Waals surface area (Å²) in [5.74, 6) is 0. The molecule has 0 spiro atoms. The van der Waals surface area contributed by atoms with Gasteiger partial charge in [0.05, 0.1) is 6.04 Å². The molecule has 0 atom stereocenters. The minimum atomic E-state index is 0.630. The lowest BCUT2D eigenvalue weighted by Crippen LogP contribution is -3.12. The Morgan fingerprint density at radius 2 is 1.11 bits per heavy atom. The van der Waals surface area contributed by atoms with E-state index in [1.54, 1.807) is 4.90 Å². The predicted octanol–water partition coefficient (Wildman–Crippen LogP) is 2.68. The highest BCUT2D eigenvalue weighted by atomic mass is 15.1. The Morgan fingerprint density at radius 1 is 0.722 bits per heavy atom. The molecule has 2 aromatic rings. The summed E-state index contributed by atoms with van der Waals surface area (Å²) in [6.07, 6.45) is 0. The van der Waals surface area contributed by atoms with Gasteiger partial charge < -0.3 is 4.90 Å². The van der Waals surface area contributed by atoms with Crippen LogP contribution >= 0.6 is 0 Å². The highest BCUT2D eigenvalue weighted by molar-refractivity contribution is 5.14. The summed E-state index contributed by atoms with van der Waals surface area (Å²) >= 11 is 0. The van der Waals surface area contributed by atoms with Gasteiger partial charge in [-0.25, -0.2) is 0 Å². The van der Waals surface area contributed by atoms with E-state index in [-0.39, 0.29) is 0 Å². The second-order valence-electron chi connectivity index (χ2n) is 5.14. The fourth-order valence-corrected chi connectivity index (χ4v) is 2.19. The first kappa shape index (κ1) is 12.8. The van der Waals surface area contributed by atoms with Crippen molar-refractivity contribution in [2.75, 3.05) is 0 Å². The maximum absolute atomic E-state index is 2.29. The van der Waals surface area contributed by atoms with Crippen molar-refractivity contribution in [3.05, 3.63) is 71.8 Å². The molecule has 2 aromatic carbocycles. The molecule has 0 heterocycles. The first-order chi connectivity index (χ1) is 8.75. The average Bonchev–Trinajstić information content (AvgIpc) is 2.40. The van der Waals surface area contributed by atoms with Crippen LogP contribution in [0.25, 0.3) is 0 Å². The molecule has 2 rings (SSSR count). The van der Waals surface area contributed by atoms with E-state index >= 15 is 0 Å². The summed E-state index contributed by atoms with van der Waals surface area (Å²) in [7, 11) is 0. The Balaban J connectivity index is 2.05.